The molecule has 1 saturated heterocycles. The highest BCUT2D eigenvalue weighted by Gasteiger charge is 2.25. The molecule has 20 heavy (non-hydrogen) atoms. The molecule has 1 atom stereocenters. The first-order valence-electron chi connectivity index (χ1n) is 6.92. The number of ketones is 1. The smallest absolute Gasteiger partial charge is 0.307 e. The van der Waals surface area contributed by atoms with Crippen LogP contribution in [0.5, 0.6) is 0 Å². The summed E-state index contributed by atoms with van der Waals surface area (Å²) in [6.07, 6.45) is 5.31. The van der Waals surface area contributed by atoms with Crippen molar-refractivity contribution >= 4 is 17.4 Å². The molecule has 0 N–H and O–H groups in total. The number of carbonyl (C=O) groups excluding carboxylic acids is 2. The largest absolute Gasteiger partial charge is 0.469 e. The number of rotatable bonds is 4. The van der Waals surface area contributed by atoms with Crippen LogP contribution in [0, 0.1) is 0 Å². The normalized spacial score (nSPS) is 18.7. The molecule has 0 saturated carbocycles. The first-order chi connectivity index (χ1) is 9.61. The number of hydrogen-bond donors (Lipinski definition) is 0. The lowest BCUT2D eigenvalue weighted by Crippen LogP contribution is -2.41. The summed E-state index contributed by atoms with van der Waals surface area (Å²) >= 11 is 0. The molecule has 0 amide bonds. The van der Waals surface area contributed by atoms with Crippen LogP contribution in [0.2, 0.25) is 0 Å². The molecule has 0 bridgehead atoms. The van der Waals surface area contributed by atoms with Crippen molar-refractivity contribution < 1.29 is 14.3 Å². The standard InChI is InChI=1S/C15H20N2O3/c1-11(18)14-7-6-13(10-16-14)17-8-4-3-5-12(17)9-15(19)20-2/h6-7,10,12H,3-5,8-9H2,1-2H3. The molecule has 5 heteroatoms. The molecular weight excluding hydrogens is 256 g/mol. The Bertz CT molecular complexity index is 484. The van der Waals surface area contributed by atoms with E-state index in [2.05, 4.69) is 9.88 Å². The highest BCUT2D eigenvalue weighted by atomic mass is 16.5. The zero-order chi connectivity index (χ0) is 14.5. The van der Waals surface area contributed by atoms with Gasteiger partial charge in [-0.2, -0.15) is 0 Å². The van der Waals surface area contributed by atoms with E-state index in [1.165, 1.54) is 14.0 Å². The number of piperidine rings is 1. The van der Waals surface area contributed by atoms with Gasteiger partial charge in [0.2, 0.25) is 0 Å². The molecule has 1 aliphatic rings. The van der Waals surface area contributed by atoms with Crippen LogP contribution in [0.3, 0.4) is 0 Å². The minimum absolute atomic E-state index is 0.0405. The highest BCUT2D eigenvalue weighted by Crippen LogP contribution is 2.26. The summed E-state index contributed by atoms with van der Waals surface area (Å²) in [6.45, 7) is 2.41. The Morgan fingerprint density at radius 3 is 2.80 bits per heavy atom. The molecule has 1 aromatic rings. The van der Waals surface area contributed by atoms with Crippen LogP contribution in [-0.2, 0) is 9.53 Å². The van der Waals surface area contributed by atoms with Gasteiger partial charge in [-0.1, -0.05) is 0 Å². The quantitative estimate of drug-likeness (QED) is 0.623. The number of methoxy groups -OCH3 is 1. The van der Waals surface area contributed by atoms with Crippen LogP contribution in [0.4, 0.5) is 5.69 Å². The van der Waals surface area contributed by atoms with Gasteiger partial charge in [0.15, 0.2) is 5.78 Å². The Balaban J connectivity index is 2.14. The predicted octanol–water partition coefficient (Wildman–Crippen LogP) is 2.21. The summed E-state index contributed by atoms with van der Waals surface area (Å²) in [4.78, 5) is 29.1. The first-order valence-corrected chi connectivity index (χ1v) is 6.92. The summed E-state index contributed by atoms with van der Waals surface area (Å²) in [5.41, 5.74) is 1.43. The van der Waals surface area contributed by atoms with Crippen molar-refractivity contribution in [3.63, 3.8) is 0 Å². The maximum absolute atomic E-state index is 11.5. The van der Waals surface area contributed by atoms with Crippen LogP contribution in [0.1, 0.15) is 43.1 Å². The Morgan fingerprint density at radius 1 is 1.40 bits per heavy atom. The fraction of sp³-hybridized carbons (Fsp3) is 0.533. The Morgan fingerprint density at radius 2 is 2.20 bits per heavy atom. The van der Waals surface area contributed by atoms with Crippen LogP contribution < -0.4 is 4.90 Å². The Hall–Kier alpha value is -1.91. The summed E-state index contributed by atoms with van der Waals surface area (Å²) < 4.78 is 4.76. The van der Waals surface area contributed by atoms with E-state index in [1.807, 2.05) is 6.07 Å². The average molecular weight is 276 g/mol. The lowest BCUT2D eigenvalue weighted by Gasteiger charge is -2.36. The molecule has 2 rings (SSSR count). The Kier molecular flexibility index (Phi) is 4.71. The SMILES string of the molecule is COC(=O)CC1CCCCN1c1ccc(C(C)=O)nc1. The number of hydrogen-bond acceptors (Lipinski definition) is 5. The Labute approximate surface area is 118 Å². The topological polar surface area (TPSA) is 59.5 Å². The third-order valence-corrected chi connectivity index (χ3v) is 3.70. The molecule has 1 aliphatic heterocycles. The molecule has 5 nitrogen and oxygen atoms in total. The molecule has 1 aromatic heterocycles. The van der Waals surface area contributed by atoms with Crippen molar-refractivity contribution in [1.82, 2.24) is 4.98 Å². The van der Waals surface area contributed by atoms with Crippen LogP contribution in [-0.4, -0.2) is 36.4 Å². The van der Waals surface area contributed by atoms with Crippen LogP contribution >= 0.6 is 0 Å². The molecule has 0 radical (unpaired) electrons. The van der Waals surface area contributed by atoms with Crippen molar-refractivity contribution in [1.29, 1.82) is 0 Å². The number of ether oxygens (including phenoxy) is 1. The van der Waals surface area contributed by atoms with Gasteiger partial charge in [0.05, 0.1) is 25.4 Å². The van der Waals surface area contributed by atoms with Gasteiger partial charge < -0.3 is 9.64 Å². The molecule has 2 heterocycles. The van der Waals surface area contributed by atoms with Crippen molar-refractivity contribution in [3.05, 3.63) is 24.0 Å². The molecule has 0 spiro atoms. The fourth-order valence-corrected chi connectivity index (χ4v) is 2.59. The number of anilines is 1. The average Bonchev–Trinajstić information content (AvgIpc) is 2.48. The fourth-order valence-electron chi connectivity index (χ4n) is 2.59. The monoisotopic (exact) mass is 276 g/mol. The molecule has 1 unspecified atom stereocenters. The van der Waals surface area contributed by atoms with Crippen LogP contribution in [0.15, 0.2) is 18.3 Å². The zero-order valence-electron chi connectivity index (χ0n) is 12.0. The van der Waals surface area contributed by atoms with E-state index in [9.17, 15) is 9.59 Å². The molecule has 0 aromatic carbocycles. The number of aromatic nitrogens is 1. The van der Waals surface area contributed by atoms with Crippen molar-refractivity contribution in [2.24, 2.45) is 0 Å². The maximum Gasteiger partial charge on any atom is 0.307 e. The lowest BCUT2D eigenvalue weighted by molar-refractivity contribution is -0.141. The predicted molar refractivity (Wildman–Crippen MR) is 75.9 cm³/mol. The summed E-state index contributed by atoms with van der Waals surface area (Å²) in [5, 5.41) is 0. The molecule has 1 fully saturated rings. The van der Waals surface area contributed by atoms with E-state index in [1.54, 1.807) is 12.3 Å². The first kappa shape index (κ1) is 14.5. The maximum atomic E-state index is 11.5. The summed E-state index contributed by atoms with van der Waals surface area (Å²) in [6, 6.07) is 3.79. The summed E-state index contributed by atoms with van der Waals surface area (Å²) in [7, 11) is 1.42. The van der Waals surface area contributed by atoms with E-state index in [0.717, 1.165) is 31.5 Å². The van der Waals surface area contributed by atoms with Crippen molar-refractivity contribution in [2.45, 2.75) is 38.6 Å². The number of pyridine rings is 1. The number of carbonyl (C=O) groups is 2. The van der Waals surface area contributed by atoms with Gasteiger partial charge in [0.1, 0.15) is 5.69 Å². The van der Waals surface area contributed by atoms with E-state index in [-0.39, 0.29) is 17.8 Å². The summed E-state index contributed by atoms with van der Waals surface area (Å²) in [5.74, 6) is -0.225. The third-order valence-electron chi connectivity index (χ3n) is 3.70. The minimum atomic E-state index is -0.185. The van der Waals surface area contributed by atoms with Crippen molar-refractivity contribution in [2.75, 3.05) is 18.6 Å². The molecular formula is C15H20N2O3. The molecule has 108 valence electrons. The molecule has 0 aliphatic carbocycles. The van der Waals surface area contributed by atoms with E-state index >= 15 is 0 Å². The van der Waals surface area contributed by atoms with Gasteiger partial charge in [-0.3, -0.25) is 14.6 Å². The number of nitrogens with zero attached hydrogens (tertiary/aromatic N) is 2. The number of Topliss-reactive ketones (excluding diaryl/α,β-unsaturated/α-hetero) is 1. The van der Waals surface area contributed by atoms with Gasteiger partial charge in [-0.15, -0.1) is 0 Å². The van der Waals surface area contributed by atoms with E-state index < -0.39 is 0 Å². The lowest BCUT2D eigenvalue weighted by atomic mass is 9.98. The van der Waals surface area contributed by atoms with Crippen molar-refractivity contribution in [3.8, 4) is 0 Å². The second-order valence-corrected chi connectivity index (χ2v) is 5.08. The number of esters is 1. The van der Waals surface area contributed by atoms with Gasteiger partial charge in [0, 0.05) is 19.5 Å². The zero-order valence-corrected chi connectivity index (χ0v) is 12.0. The van der Waals surface area contributed by atoms with E-state index in [4.69, 9.17) is 4.74 Å². The van der Waals surface area contributed by atoms with Crippen LogP contribution in [0.25, 0.3) is 0 Å². The third kappa shape index (κ3) is 3.35. The van der Waals surface area contributed by atoms with Gasteiger partial charge >= 0.3 is 5.97 Å². The minimum Gasteiger partial charge on any atom is -0.469 e. The second-order valence-electron chi connectivity index (χ2n) is 5.08. The van der Waals surface area contributed by atoms with Gasteiger partial charge in [0.25, 0.3) is 0 Å². The second kappa shape index (κ2) is 6.50. The van der Waals surface area contributed by atoms with E-state index in [0.29, 0.717) is 12.1 Å². The van der Waals surface area contributed by atoms with Gasteiger partial charge in [-0.25, -0.2) is 0 Å². The van der Waals surface area contributed by atoms with Gasteiger partial charge in [-0.05, 0) is 31.4 Å². The highest BCUT2D eigenvalue weighted by molar-refractivity contribution is 5.92.